The third kappa shape index (κ3) is 4.15. The molecule has 0 radical (unpaired) electrons. The standard InChI is InChI=1S/C18H22N4OS2/c1-12-10-16(23-18-20-17(21-25-18)14-3-4-14)13(2)9-15(12)19-11-22-5-7-24-8-6-22/h9-11,14H,3-8H2,1-2H3. The van der Waals surface area contributed by atoms with E-state index < -0.39 is 0 Å². The molecule has 25 heavy (non-hydrogen) atoms. The first-order chi connectivity index (χ1) is 12.2. The molecule has 0 N–H and O–H groups in total. The largest absolute Gasteiger partial charge is 0.430 e. The van der Waals surface area contributed by atoms with Gasteiger partial charge in [0.05, 0.1) is 12.0 Å². The minimum atomic E-state index is 0.557. The van der Waals surface area contributed by atoms with E-state index in [-0.39, 0.29) is 0 Å². The summed E-state index contributed by atoms with van der Waals surface area (Å²) in [5.74, 6) is 4.70. The molecule has 0 bridgehead atoms. The summed E-state index contributed by atoms with van der Waals surface area (Å²) in [6.45, 7) is 6.27. The lowest BCUT2D eigenvalue weighted by atomic mass is 10.1. The van der Waals surface area contributed by atoms with Gasteiger partial charge in [0, 0.05) is 42.0 Å². The molecule has 4 rings (SSSR count). The molecule has 1 aromatic carbocycles. The average molecular weight is 375 g/mol. The molecule has 2 fully saturated rings. The first-order valence-corrected chi connectivity index (χ1v) is 10.6. The van der Waals surface area contributed by atoms with Gasteiger partial charge in [-0.05, 0) is 49.9 Å². The molecule has 7 heteroatoms. The Kier molecular flexibility index (Phi) is 4.94. The maximum Gasteiger partial charge on any atom is 0.298 e. The number of ether oxygens (including phenoxy) is 1. The second-order valence-corrected chi connectivity index (χ2v) is 8.53. The predicted molar refractivity (Wildman–Crippen MR) is 105 cm³/mol. The van der Waals surface area contributed by atoms with Crippen molar-refractivity contribution in [1.82, 2.24) is 14.3 Å². The molecule has 2 aromatic rings. The van der Waals surface area contributed by atoms with E-state index in [1.54, 1.807) is 0 Å². The number of aliphatic imine (C=N–C) groups is 1. The van der Waals surface area contributed by atoms with Crippen molar-refractivity contribution in [3.63, 3.8) is 0 Å². The number of nitrogens with zero attached hydrogens (tertiary/aromatic N) is 4. The van der Waals surface area contributed by atoms with Crippen LogP contribution < -0.4 is 4.74 Å². The van der Waals surface area contributed by atoms with Gasteiger partial charge in [0.15, 0.2) is 0 Å². The molecule has 132 valence electrons. The van der Waals surface area contributed by atoms with Crippen LogP contribution in [-0.2, 0) is 0 Å². The third-order valence-electron chi connectivity index (χ3n) is 4.46. The van der Waals surface area contributed by atoms with E-state index in [4.69, 9.17) is 4.74 Å². The molecule has 2 heterocycles. The molecule has 0 spiro atoms. The summed E-state index contributed by atoms with van der Waals surface area (Å²) in [6.07, 6.45) is 4.39. The normalized spacial score (nSPS) is 18.1. The number of hydrogen-bond donors (Lipinski definition) is 0. The lowest BCUT2D eigenvalue weighted by Gasteiger charge is -2.23. The van der Waals surface area contributed by atoms with Gasteiger partial charge >= 0.3 is 0 Å². The minimum Gasteiger partial charge on any atom is -0.430 e. The number of hydrogen-bond acceptors (Lipinski definition) is 6. The van der Waals surface area contributed by atoms with E-state index in [9.17, 15) is 0 Å². The van der Waals surface area contributed by atoms with Crippen molar-refractivity contribution in [3.05, 3.63) is 29.1 Å². The first-order valence-electron chi connectivity index (χ1n) is 8.68. The number of benzene rings is 1. The summed E-state index contributed by atoms with van der Waals surface area (Å²) in [5.41, 5.74) is 3.17. The molecule has 0 atom stereocenters. The van der Waals surface area contributed by atoms with Gasteiger partial charge in [-0.2, -0.15) is 21.1 Å². The molecule has 0 unspecified atom stereocenters. The smallest absolute Gasteiger partial charge is 0.298 e. The zero-order valence-corrected chi connectivity index (χ0v) is 16.2. The van der Waals surface area contributed by atoms with E-state index in [1.807, 2.05) is 31.1 Å². The topological polar surface area (TPSA) is 50.6 Å². The van der Waals surface area contributed by atoms with Crippen LogP contribution in [0.1, 0.15) is 35.7 Å². The van der Waals surface area contributed by atoms with Gasteiger partial charge in [0.1, 0.15) is 11.6 Å². The van der Waals surface area contributed by atoms with Gasteiger partial charge in [0.2, 0.25) is 0 Å². The van der Waals surface area contributed by atoms with Crippen LogP contribution in [0.25, 0.3) is 0 Å². The van der Waals surface area contributed by atoms with Crippen LogP contribution in [0.15, 0.2) is 17.1 Å². The van der Waals surface area contributed by atoms with E-state index in [0.29, 0.717) is 11.1 Å². The summed E-state index contributed by atoms with van der Waals surface area (Å²) in [5, 5.41) is 0.631. The monoisotopic (exact) mass is 374 g/mol. The Balaban J connectivity index is 1.47. The Bertz CT molecular complexity index is 779. The van der Waals surface area contributed by atoms with Crippen molar-refractivity contribution in [2.45, 2.75) is 32.6 Å². The maximum absolute atomic E-state index is 5.98. The quantitative estimate of drug-likeness (QED) is 0.568. The fourth-order valence-corrected chi connectivity index (χ4v) is 4.28. The molecule has 1 saturated heterocycles. The van der Waals surface area contributed by atoms with E-state index in [1.165, 1.54) is 35.9 Å². The van der Waals surface area contributed by atoms with E-state index in [0.717, 1.165) is 41.5 Å². The molecule has 1 saturated carbocycles. The molecule has 1 aliphatic carbocycles. The number of aromatic nitrogens is 2. The summed E-state index contributed by atoms with van der Waals surface area (Å²) >= 11 is 3.35. The molecule has 1 aliphatic heterocycles. The zero-order valence-electron chi connectivity index (χ0n) is 14.6. The fraction of sp³-hybridized carbons (Fsp3) is 0.500. The molecule has 2 aliphatic rings. The van der Waals surface area contributed by atoms with Crippen molar-refractivity contribution >= 4 is 35.3 Å². The summed E-state index contributed by atoms with van der Waals surface area (Å²) in [4.78, 5) is 11.5. The Morgan fingerprint density at radius 3 is 2.76 bits per heavy atom. The van der Waals surface area contributed by atoms with Crippen molar-refractivity contribution < 1.29 is 4.74 Å². The molecular weight excluding hydrogens is 352 g/mol. The zero-order chi connectivity index (χ0) is 17.2. The van der Waals surface area contributed by atoms with E-state index in [2.05, 4.69) is 32.2 Å². The second kappa shape index (κ2) is 7.33. The SMILES string of the molecule is Cc1cc(Oc2nc(C3CC3)ns2)c(C)cc1N=CN1CCSCC1. The van der Waals surface area contributed by atoms with Crippen LogP contribution in [0.4, 0.5) is 5.69 Å². The highest BCUT2D eigenvalue weighted by atomic mass is 32.2. The minimum absolute atomic E-state index is 0.557. The third-order valence-corrected chi connectivity index (χ3v) is 6.01. The van der Waals surface area contributed by atoms with Crippen LogP contribution in [0.3, 0.4) is 0 Å². The van der Waals surface area contributed by atoms with Gasteiger partial charge in [-0.1, -0.05) is 0 Å². The van der Waals surface area contributed by atoms with Crippen molar-refractivity contribution in [2.75, 3.05) is 24.6 Å². The number of thioether (sulfide) groups is 1. The Labute approximate surface area is 156 Å². The number of rotatable bonds is 5. The first kappa shape index (κ1) is 16.8. The van der Waals surface area contributed by atoms with Gasteiger partial charge in [-0.3, -0.25) is 0 Å². The highest BCUT2D eigenvalue weighted by molar-refractivity contribution is 7.99. The van der Waals surface area contributed by atoms with Crippen molar-refractivity contribution in [1.29, 1.82) is 0 Å². The highest BCUT2D eigenvalue weighted by Crippen LogP contribution is 2.40. The summed E-state index contributed by atoms with van der Waals surface area (Å²) in [7, 11) is 0. The van der Waals surface area contributed by atoms with Crippen LogP contribution >= 0.6 is 23.3 Å². The summed E-state index contributed by atoms with van der Waals surface area (Å²) in [6, 6.07) is 4.13. The Morgan fingerprint density at radius 1 is 1.20 bits per heavy atom. The van der Waals surface area contributed by atoms with Crippen LogP contribution in [0.2, 0.25) is 0 Å². The second-order valence-electron chi connectivity index (χ2n) is 6.59. The van der Waals surface area contributed by atoms with Gasteiger partial charge in [-0.25, -0.2) is 4.99 Å². The Morgan fingerprint density at radius 2 is 2.00 bits per heavy atom. The highest BCUT2D eigenvalue weighted by Gasteiger charge is 2.28. The molecular formula is C18H22N4OS2. The van der Waals surface area contributed by atoms with Crippen LogP contribution in [0.5, 0.6) is 10.9 Å². The van der Waals surface area contributed by atoms with Gasteiger partial charge < -0.3 is 9.64 Å². The van der Waals surface area contributed by atoms with Crippen molar-refractivity contribution in [3.8, 4) is 10.9 Å². The maximum atomic E-state index is 5.98. The van der Waals surface area contributed by atoms with E-state index >= 15 is 0 Å². The Hall–Kier alpha value is -1.60. The lowest BCUT2D eigenvalue weighted by Crippen LogP contribution is -2.31. The average Bonchev–Trinajstić information content (AvgIpc) is 3.37. The van der Waals surface area contributed by atoms with Gasteiger partial charge in [0.25, 0.3) is 5.19 Å². The predicted octanol–water partition coefficient (Wildman–Crippen LogP) is 4.53. The molecule has 1 aromatic heterocycles. The van der Waals surface area contributed by atoms with Crippen LogP contribution in [0, 0.1) is 13.8 Å². The van der Waals surface area contributed by atoms with Crippen molar-refractivity contribution in [2.24, 2.45) is 4.99 Å². The summed E-state index contributed by atoms with van der Waals surface area (Å²) < 4.78 is 10.4. The molecule has 0 amide bonds. The van der Waals surface area contributed by atoms with Crippen LogP contribution in [-0.4, -0.2) is 45.2 Å². The molecule has 5 nitrogen and oxygen atoms in total. The number of aryl methyl sites for hydroxylation is 2. The van der Waals surface area contributed by atoms with Gasteiger partial charge in [-0.15, -0.1) is 0 Å². The lowest BCUT2D eigenvalue weighted by molar-refractivity contribution is 0.473. The fourth-order valence-electron chi connectivity index (χ4n) is 2.72.